The van der Waals surface area contributed by atoms with Crippen molar-refractivity contribution in [1.82, 2.24) is 5.32 Å². The summed E-state index contributed by atoms with van der Waals surface area (Å²) in [5, 5.41) is 4.41. The van der Waals surface area contributed by atoms with Gasteiger partial charge in [-0.05, 0) is 24.2 Å². The fraction of sp³-hybridized carbons (Fsp3) is 0.500. The molecule has 1 fully saturated rings. The number of hydrogen-bond acceptors (Lipinski definition) is 3. The zero-order valence-electron chi connectivity index (χ0n) is 10.8. The predicted octanol–water partition coefficient (Wildman–Crippen LogP) is 2.73. The van der Waals surface area contributed by atoms with Crippen LogP contribution in [0.4, 0.5) is 0 Å². The molecule has 0 amide bonds. The van der Waals surface area contributed by atoms with E-state index >= 15 is 0 Å². The van der Waals surface area contributed by atoms with Crippen LogP contribution in [0.1, 0.15) is 12.5 Å². The van der Waals surface area contributed by atoms with E-state index in [0.717, 1.165) is 12.1 Å². The zero-order valence-corrected chi connectivity index (χ0v) is 12.3. The number of benzene rings is 1. The monoisotopic (exact) mass is 301 g/mol. The van der Waals surface area contributed by atoms with Gasteiger partial charge in [0.1, 0.15) is 5.78 Å². The highest BCUT2D eigenvalue weighted by Gasteiger charge is 2.33. The number of nitrogens with one attached hydrogen (secondary N) is 1. The van der Waals surface area contributed by atoms with Gasteiger partial charge in [-0.15, -0.1) is 0 Å². The normalized spacial score (nSPS) is 22.7. The number of halogens is 2. The first-order valence-electron chi connectivity index (χ1n) is 6.39. The Morgan fingerprint density at radius 3 is 2.89 bits per heavy atom. The number of ether oxygens (including phenoxy) is 1. The third-order valence-electron chi connectivity index (χ3n) is 3.34. The van der Waals surface area contributed by atoms with Gasteiger partial charge in [-0.2, -0.15) is 0 Å². The van der Waals surface area contributed by atoms with Gasteiger partial charge < -0.3 is 10.1 Å². The van der Waals surface area contributed by atoms with Gasteiger partial charge in [-0.3, -0.25) is 4.79 Å². The lowest BCUT2D eigenvalue weighted by atomic mass is 9.93. The van der Waals surface area contributed by atoms with E-state index in [1.165, 1.54) is 0 Å². The fourth-order valence-electron chi connectivity index (χ4n) is 2.32. The molecule has 2 rings (SSSR count). The Morgan fingerprint density at radius 2 is 2.21 bits per heavy atom. The minimum Gasteiger partial charge on any atom is -0.379 e. The Labute approximate surface area is 123 Å². The largest absolute Gasteiger partial charge is 0.379 e. The molecule has 1 aromatic carbocycles. The van der Waals surface area contributed by atoms with Crippen LogP contribution in [0.25, 0.3) is 0 Å². The van der Waals surface area contributed by atoms with Crippen molar-refractivity contribution in [3.63, 3.8) is 0 Å². The molecule has 19 heavy (non-hydrogen) atoms. The topological polar surface area (TPSA) is 38.3 Å². The quantitative estimate of drug-likeness (QED) is 0.909. The maximum Gasteiger partial charge on any atom is 0.144 e. The highest BCUT2D eigenvalue weighted by Crippen LogP contribution is 2.24. The second-order valence-electron chi connectivity index (χ2n) is 4.69. The lowest BCUT2D eigenvalue weighted by Gasteiger charge is -2.17. The van der Waals surface area contributed by atoms with Crippen LogP contribution in [0.15, 0.2) is 18.2 Å². The molecular formula is C14H17Cl2NO2. The molecule has 1 N–H and O–H groups in total. The van der Waals surface area contributed by atoms with Gasteiger partial charge in [0.2, 0.25) is 0 Å². The van der Waals surface area contributed by atoms with Gasteiger partial charge in [0.15, 0.2) is 0 Å². The standard InChI is InChI=1S/C14H17Cl2NO2/c1-2-17-13-8-19-7-11(13)14(18)5-9-3-4-10(15)6-12(9)16/h3-4,6,11,13,17H,2,5,7-8H2,1H3. The number of rotatable bonds is 5. The molecule has 0 radical (unpaired) electrons. The van der Waals surface area contributed by atoms with Crippen LogP contribution < -0.4 is 5.32 Å². The molecule has 1 heterocycles. The SMILES string of the molecule is CCNC1COCC1C(=O)Cc1ccc(Cl)cc1Cl. The van der Waals surface area contributed by atoms with Crippen LogP contribution in [0.3, 0.4) is 0 Å². The number of likely N-dealkylation sites (N-methyl/N-ethyl adjacent to an activating group) is 1. The second-order valence-corrected chi connectivity index (χ2v) is 5.53. The summed E-state index contributed by atoms with van der Waals surface area (Å²) in [4.78, 5) is 12.3. The van der Waals surface area contributed by atoms with Gasteiger partial charge in [-0.1, -0.05) is 36.2 Å². The van der Waals surface area contributed by atoms with Gasteiger partial charge in [0, 0.05) is 22.5 Å². The predicted molar refractivity (Wildman–Crippen MR) is 76.9 cm³/mol. The molecule has 1 aliphatic rings. The summed E-state index contributed by atoms with van der Waals surface area (Å²) in [5.41, 5.74) is 0.818. The molecule has 0 spiro atoms. The fourth-order valence-corrected chi connectivity index (χ4v) is 2.79. The molecule has 3 nitrogen and oxygen atoms in total. The molecular weight excluding hydrogens is 285 g/mol. The van der Waals surface area contributed by atoms with E-state index in [1.54, 1.807) is 18.2 Å². The van der Waals surface area contributed by atoms with Gasteiger partial charge in [0.25, 0.3) is 0 Å². The van der Waals surface area contributed by atoms with E-state index in [2.05, 4.69) is 5.32 Å². The summed E-state index contributed by atoms with van der Waals surface area (Å²) < 4.78 is 5.39. The number of ketones is 1. The average Bonchev–Trinajstić information content (AvgIpc) is 2.81. The lowest BCUT2D eigenvalue weighted by molar-refractivity contribution is -0.122. The molecule has 1 aromatic rings. The van der Waals surface area contributed by atoms with Crippen molar-refractivity contribution in [2.75, 3.05) is 19.8 Å². The van der Waals surface area contributed by atoms with Crippen molar-refractivity contribution in [2.24, 2.45) is 5.92 Å². The molecule has 0 saturated carbocycles. The second kappa shape index (κ2) is 6.71. The molecule has 0 aromatic heterocycles. The molecule has 2 unspecified atom stereocenters. The van der Waals surface area contributed by atoms with Crippen LogP contribution in [0.5, 0.6) is 0 Å². The average molecular weight is 302 g/mol. The molecule has 1 aliphatic heterocycles. The summed E-state index contributed by atoms with van der Waals surface area (Å²) in [6.07, 6.45) is 0.325. The highest BCUT2D eigenvalue weighted by molar-refractivity contribution is 6.35. The van der Waals surface area contributed by atoms with Crippen LogP contribution in [0, 0.1) is 5.92 Å². The van der Waals surface area contributed by atoms with E-state index in [0.29, 0.717) is 29.7 Å². The van der Waals surface area contributed by atoms with Crippen molar-refractivity contribution in [3.05, 3.63) is 33.8 Å². The van der Waals surface area contributed by atoms with Gasteiger partial charge in [0.05, 0.1) is 19.1 Å². The summed E-state index contributed by atoms with van der Waals surface area (Å²) in [5.74, 6) is 0.0689. The van der Waals surface area contributed by atoms with Crippen molar-refractivity contribution in [2.45, 2.75) is 19.4 Å². The minimum atomic E-state index is -0.0910. The summed E-state index contributed by atoms with van der Waals surface area (Å²) in [6.45, 7) is 3.94. The number of carbonyl (C=O) groups is 1. The lowest BCUT2D eigenvalue weighted by Crippen LogP contribution is -2.39. The first-order chi connectivity index (χ1) is 9.11. The van der Waals surface area contributed by atoms with Crippen LogP contribution in [-0.2, 0) is 16.0 Å². The highest BCUT2D eigenvalue weighted by atomic mass is 35.5. The van der Waals surface area contributed by atoms with Gasteiger partial charge >= 0.3 is 0 Å². The van der Waals surface area contributed by atoms with Crippen molar-refractivity contribution < 1.29 is 9.53 Å². The van der Waals surface area contributed by atoms with Gasteiger partial charge in [-0.25, -0.2) is 0 Å². The molecule has 5 heteroatoms. The Balaban J connectivity index is 2.04. The maximum atomic E-state index is 12.3. The Morgan fingerprint density at radius 1 is 1.42 bits per heavy atom. The van der Waals surface area contributed by atoms with Crippen molar-refractivity contribution >= 4 is 29.0 Å². The summed E-state index contributed by atoms with van der Waals surface area (Å²) in [7, 11) is 0. The van der Waals surface area contributed by atoms with Crippen molar-refractivity contribution in [3.8, 4) is 0 Å². The van der Waals surface area contributed by atoms with Crippen LogP contribution in [0.2, 0.25) is 10.0 Å². The van der Waals surface area contributed by atoms with Crippen molar-refractivity contribution in [1.29, 1.82) is 0 Å². The van der Waals surface area contributed by atoms with E-state index in [1.807, 2.05) is 6.92 Å². The van der Waals surface area contributed by atoms with E-state index in [9.17, 15) is 4.79 Å². The Bertz CT molecular complexity index is 465. The summed E-state index contributed by atoms with van der Waals surface area (Å²) in [6, 6.07) is 5.34. The summed E-state index contributed by atoms with van der Waals surface area (Å²) >= 11 is 11.9. The third kappa shape index (κ3) is 3.69. The number of hydrogen-bond donors (Lipinski definition) is 1. The van der Waals surface area contributed by atoms with E-state index < -0.39 is 0 Å². The number of carbonyl (C=O) groups excluding carboxylic acids is 1. The first-order valence-corrected chi connectivity index (χ1v) is 7.15. The Kier molecular flexibility index (Phi) is 5.22. The van der Waals surface area contributed by atoms with Crippen LogP contribution >= 0.6 is 23.2 Å². The third-order valence-corrected chi connectivity index (χ3v) is 3.93. The van der Waals surface area contributed by atoms with E-state index in [4.69, 9.17) is 27.9 Å². The Hall–Kier alpha value is -0.610. The van der Waals surface area contributed by atoms with E-state index in [-0.39, 0.29) is 17.7 Å². The molecule has 0 aliphatic carbocycles. The smallest absolute Gasteiger partial charge is 0.144 e. The molecule has 0 bridgehead atoms. The minimum absolute atomic E-state index is 0.0910. The molecule has 2 atom stereocenters. The maximum absolute atomic E-state index is 12.3. The zero-order chi connectivity index (χ0) is 13.8. The molecule has 104 valence electrons. The van der Waals surface area contributed by atoms with Crippen LogP contribution in [-0.4, -0.2) is 31.6 Å². The number of Topliss-reactive ketones (excluding diaryl/α,β-unsaturated/α-hetero) is 1. The molecule has 1 saturated heterocycles. The first kappa shape index (κ1) is 14.8.